The first-order valence-electron chi connectivity index (χ1n) is 4.81. The second kappa shape index (κ2) is 4.46. The summed E-state index contributed by atoms with van der Waals surface area (Å²) in [5.74, 6) is 0. The number of carbonyl (C=O) groups is 1. The summed E-state index contributed by atoms with van der Waals surface area (Å²) in [7, 11) is 3.59. The van der Waals surface area contributed by atoms with Crippen molar-refractivity contribution >= 4 is 6.03 Å². The van der Waals surface area contributed by atoms with Gasteiger partial charge in [-0.3, -0.25) is 0 Å². The Morgan fingerprint density at radius 1 is 1.54 bits per heavy atom. The van der Waals surface area contributed by atoms with E-state index in [1.54, 1.807) is 19.0 Å². The lowest BCUT2D eigenvalue weighted by molar-refractivity contribution is 0.171. The summed E-state index contributed by atoms with van der Waals surface area (Å²) < 4.78 is 0. The zero-order chi connectivity index (χ0) is 9.84. The largest absolute Gasteiger partial charge is 0.331 e. The molecule has 2 amide bonds. The Morgan fingerprint density at radius 3 is 2.85 bits per heavy atom. The highest BCUT2D eigenvalue weighted by Gasteiger charge is 2.19. The normalized spacial score (nSPS) is 23.9. The molecule has 76 valence electrons. The van der Waals surface area contributed by atoms with Crippen LogP contribution in [0.25, 0.3) is 0 Å². The van der Waals surface area contributed by atoms with Crippen molar-refractivity contribution < 1.29 is 4.79 Å². The van der Waals surface area contributed by atoms with E-state index in [0.29, 0.717) is 6.04 Å². The average molecular weight is 185 g/mol. The van der Waals surface area contributed by atoms with Crippen molar-refractivity contribution in [2.75, 3.05) is 33.7 Å². The lowest BCUT2D eigenvalue weighted by Crippen LogP contribution is -2.43. The average Bonchev–Trinajstić information content (AvgIpc) is 2.28. The highest BCUT2D eigenvalue weighted by atomic mass is 16.2. The van der Waals surface area contributed by atoms with Crippen LogP contribution in [0.3, 0.4) is 0 Å². The van der Waals surface area contributed by atoms with Gasteiger partial charge in [-0.2, -0.15) is 0 Å². The second-order valence-corrected chi connectivity index (χ2v) is 3.83. The van der Waals surface area contributed by atoms with Crippen molar-refractivity contribution in [1.29, 1.82) is 0 Å². The fourth-order valence-corrected chi connectivity index (χ4v) is 1.56. The molecule has 4 nitrogen and oxygen atoms in total. The second-order valence-electron chi connectivity index (χ2n) is 3.83. The summed E-state index contributed by atoms with van der Waals surface area (Å²) in [6.07, 6.45) is 1.05. The summed E-state index contributed by atoms with van der Waals surface area (Å²) in [6, 6.07) is 0.530. The Labute approximate surface area is 79.9 Å². The van der Waals surface area contributed by atoms with Gasteiger partial charge >= 0.3 is 6.03 Å². The summed E-state index contributed by atoms with van der Waals surface area (Å²) in [5, 5.41) is 3.36. The number of amides is 2. The molecule has 4 heteroatoms. The van der Waals surface area contributed by atoms with E-state index in [9.17, 15) is 4.79 Å². The number of urea groups is 1. The van der Waals surface area contributed by atoms with Crippen molar-refractivity contribution in [3.63, 3.8) is 0 Å². The maximum Gasteiger partial charge on any atom is 0.319 e. The third-order valence-corrected chi connectivity index (χ3v) is 2.24. The van der Waals surface area contributed by atoms with Crippen LogP contribution in [0, 0.1) is 0 Å². The molecule has 1 rings (SSSR count). The molecular weight excluding hydrogens is 166 g/mol. The van der Waals surface area contributed by atoms with Crippen LogP contribution in [0.2, 0.25) is 0 Å². The Bertz CT molecular complexity index is 182. The van der Waals surface area contributed by atoms with Crippen molar-refractivity contribution in [2.45, 2.75) is 19.4 Å². The first-order valence-corrected chi connectivity index (χ1v) is 4.81. The summed E-state index contributed by atoms with van der Waals surface area (Å²) in [6.45, 7) is 4.81. The zero-order valence-electron chi connectivity index (χ0n) is 8.71. The van der Waals surface area contributed by atoms with Crippen LogP contribution < -0.4 is 5.32 Å². The molecule has 1 unspecified atom stereocenters. The van der Waals surface area contributed by atoms with Crippen molar-refractivity contribution in [2.24, 2.45) is 0 Å². The van der Waals surface area contributed by atoms with Crippen LogP contribution in [-0.4, -0.2) is 55.6 Å². The minimum absolute atomic E-state index is 0.121. The number of hydrogen-bond acceptors (Lipinski definition) is 2. The monoisotopic (exact) mass is 185 g/mol. The lowest BCUT2D eigenvalue weighted by Gasteiger charge is -2.25. The van der Waals surface area contributed by atoms with Crippen molar-refractivity contribution in [1.82, 2.24) is 15.1 Å². The quantitative estimate of drug-likeness (QED) is 0.591. The molecule has 13 heavy (non-hydrogen) atoms. The Balaban J connectivity index is 2.52. The van der Waals surface area contributed by atoms with E-state index < -0.39 is 0 Å². The molecule has 0 aromatic heterocycles. The van der Waals surface area contributed by atoms with Crippen LogP contribution in [0.15, 0.2) is 0 Å². The highest BCUT2D eigenvalue weighted by molar-refractivity contribution is 5.73. The van der Waals surface area contributed by atoms with E-state index >= 15 is 0 Å². The first kappa shape index (κ1) is 10.3. The van der Waals surface area contributed by atoms with Gasteiger partial charge in [-0.1, -0.05) is 0 Å². The SMILES string of the molecule is CC1CN(C(=O)N(C)C)CCCN1. The molecule has 1 saturated heterocycles. The Kier molecular flexibility index (Phi) is 3.54. The molecule has 0 saturated carbocycles. The number of nitrogens with zero attached hydrogens (tertiary/aromatic N) is 2. The van der Waals surface area contributed by atoms with Crippen LogP contribution in [-0.2, 0) is 0 Å². The lowest BCUT2D eigenvalue weighted by atomic mass is 10.3. The minimum atomic E-state index is 0.121. The van der Waals surface area contributed by atoms with Crippen molar-refractivity contribution in [3.05, 3.63) is 0 Å². The predicted molar refractivity (Wildman–Crippen MR) is 52.7 cm³/mol. The molecule has 1 N–H and O–H groups in total. The summed E-state index contributed by atoms with van der Waals surface area (Å²) in [4.78, 5) is 15.2. The highest BCUT2D eigenvalue weighted by Crippen LogP contribution is 2.02. The summed E-state index contributed by atoms with van der Waals surface area (Å²) in [5.41, 5.74) is 0. The molecule has 0 spiro atoms. The number of carbonyl (C=O) groups excluding carboxylic acids is 1. The number of rotatable bonds is 0. The van der Waals surface area contributed by atoms with Gasteiger partial charge in [0.15, 0.2) is 0 Å². The third kappa shape index (κ3) is 2.88. The predicted octanol–water partition coefficient (Wildman–Crippen LogP) is 0.352. The molecule has 0 aromatic carbocycles. The molecule has 0 bridgehead atoms. The fraction of sp³-hybridized carbons (Fsp3) is 0.889. The summed E-state index contributed by atoms with van der Waals surface area (Å²) >= 11 is 0. The van der Waals surface area contributed by atoms with Gasteiger partial charge in [0.25, 0.3) is 0 Å². The molecule has 1 heterocycles. The van der Waals surface area contributed by atoms with Gasteiger partial charge in [-0.25, -0.2) is 4.79 Å². The van der Waals surface area contributed by atoms with E-state index in [0.717, 1.165) is 26.1 Å². The molecule has 1 fully saturated rings. The Morgan fingerprint density at radius 2 is 2.23 bits per heavy atom. The van der Waals surface area contributed by atoms with Crippen LogP contribution in [0.1, 0.15) is 13.3 Å². The van der Waals surface area contributed by atoms with Gasteiger partial charge in [0, 0.05) is 33.2 Å². The molecule has 0 aromatic rings. The smallest absolute Gasteiger partial charge is 0.319 e. The zero-order valence-corrected chi connectivity index (χ0v) is 8.71. The molecule has 1 aliphatic heterocycles. The standard InChI is InChI=1S/C9H19N3O/c1-8-7-12(6-4-5-10-8)9(13)11(2)3/h8,10H,4-7H2,1-3H3. The Hall–Kier alpha value is -0.770. The van der Waals surface area contributed by atoms with Crippen LogP contribution in [0.5, 0.6) is 0 Å². The van der Waals surface area contributed by atoms with Gasteiger partial charge in [0.1, 0.15) is 0 Å². The molecule has 0 radical (unpaired) electrons. The van der Waals surface area contributed by atoms with E-state index in [1.165, 1.54) is 0 Å². The molecular formula is C9H19N3O. The molecule has 1 atom stereocenters. The fourth-order valence-electron chi connectivity index (χ4n) is 1.56. The van der Waals surface area contributed by atoms with Crippen LogP contribution in [0.4, 0.5) is 4.79 Å². The maximum absolute atomic E-state index is 11.6. The van der Waals surface area contributed by atoms with Gasteiger partial charge in [-0.15, -0.1) is 0 Å². The van der Waals surface area contributed by atoms with Crippen LogP contribution >= 0.6 is 0 Å². The van der Waals surface area contributed by atoms with E-state index in [2.05, 4.69) is 12.2 Å². The number of hydrogen-bond donors (Lipinski definition) is 1. The maximum atomic E-state index is 11.6. The topological polar surface area (TPSA) is 35.6 Å². The third-order valence-electron chi connectivity index (χ3n) is 2.24. The van der Waals surface area contributed by atoms with Gasteiger partial charge in [0.05, 0.1) is 0 Å². The van der Waals surface area contributed by atoms with Crippen molar-refractivity contribution in [3.8, 4) is 0 Å². The number of nitrogens with one attached hydrogen (secondary N) is 1. The molecule has 1 aliphatic rings. The minimum Gasteiger partial charge on any atom is -0.331 e. The first-order chi connectivity index (χ1) is 6.11. The molecule has 0 aliphatic carbocycles. The van der Waals surface area contributed by atoms with Gasteiger partial charge in [0.2, 0.25) is 0 Å². The van der Waals surface area contributed by atoms with E-state index in [-0.39, 0.29) is 6.03 Å². The van der Waals surface area contributed by atoms with E-state index in [4.69, 9.17) is 0 Å². The van der Waals surface area contributed by atoms with E-state index in [1.807, 2.05) is 4.90 Å². The van der Waals surface area contributed by atoms with Gasteiger partial charge in [-0.05, 0) is 19.9 Å². The van der Waals surface area contributed by atoms with Gasteiger partial charge < -0.3 is 15.1 Å².